The molecule has 8 nitrogen and oxygen atoms in total. The fourth-order valence-electron chi connectivity index (χ4n) is 2.95. The predicted octanol–water partition coefficient (Wildman–Crippen LogP) is -0.298. The van der Waals surface area contributed by atoms with E-state index in [2.05, 4.69) is 22.2 Å². The quantitative estimate of drug-likeness (QED) is 0.664. The standard InChI is InChI=1S/C14H20N4O4/c1-3-4-16-14(20)17-10-9-7-21-13(22-9)11(12(10)19)18-6-5-15-8(18)2/h3,5-6,9-13,19H,1,4,7H2,2H3,(H2,16,17,20)/t9-,10-,11-,12+,13-/m1/s1. The minimum absolute atomic E-state index is 0.332. The van der Waals surface area contributed by atoms with Gasteiger partial charge in [-0.2, -0.15) is 0 Å². The van der Waals surface area contributed by atoms with E-state index in [4.69, 9.17) is 9.47 Å². The summed E-state index contributed by atoms with van der Waals surface area (Å²) in [5, 5.41) is 16.1. The number of hydrogen-bond acceptors (Lipinski definition) is 5. The van der Waals surface area contributed by atoms with E-state index in [1.165, 1.54) is 0 Å². The van der Waals surface area contributed by atoms with Gasteiger partial charge in [0.1, 0.15) is 24.1 Å². The third-order valence-corrected chi connectivity index (χ3v) is 4.02. The molecule has 0 saturated carbocycles. The van der Waals surface area contributed by atoms with E-state index in [1.807, 2.05) is 11.5 Å². The zero-order valence-electron chi connectivity index (χ0n) is 12.3. The highest BCUT2D eigenvalue weighted by Crippen LogP contribution is 2.36. The zero-order valence-corrected chi connectivity index (χ0v) is 12.3. The van der Waals surface area contributed by atoms with Crippen molar-refractivity contribution in [3.63, 3.8) is 0 Å². The average molecular weight is 308 g/mol. The molecule has 2 aliphatic heterocycles. The lowest BCUT2D eigenvalue weighted by atomic mass is 9.96. The highest BCUT2D eigenvalue weighted by Gasteiger charge is 2.51. The normalized spacial score (nSPS) is 33.5. The second kappa shape index (κ2) is 6.07. The fourth-order valence-corrected chi connectivity index (χ4v) is 2.95. The number of aryl methyl sites for hydroxylation is 1. The van der Waals surface area contributed by atoms with Crippen LogP contribution in [0.25, 0.3) is 0 Å². The van der Waals surface area contributed by atoms with Gasteiger partial charge in [0.15, 0.2) is 6.29 Å². The topological polar surface area (TPSA) is 97.6 Å². The molecular formula is C14H20N4O4. The van der Waals surface area contributed by atoms with Crippen LogP contribution < -0.4 is 10.6 Å². The minimum Gasteiger partial charge on any atom is -0.388 e. The maximum absolute atomic E-state index is 11.9. The average Bonchev–Trinajstić information content (AvgIpc) is 3.10. The Morgan fingerprint density at radius 2 is 2.50 bits per heavy atom. The van der Waals surface area contributed by atoms with Crippen LogP contribution in [-0.4, -0.2) is 58.4 Å². The summed E-state index contributed by atoms with van der Waals surface area (Å²) in [6, 6.07) is -1.39. The molecule has 0 spiro atoms. The molecule has 5 atom stereocenters. The molecule has 0 radical (unpaired) electrons. The zero-order chi connectivity index (χ0) is 15.7. The fraction of sp³-hybridized carbons (Fsp3) is 0.571. The van der Waals surface area contributed by atoms with Crippen molar-refractivity contribution < 1.29 is 19.4 Å². The molecule has 2 aliphatic rings. The van der Waals surface area contributed by atoms with Gasteiger partial charge in [-0.25, -0.2) is 9.78 Å². The third kappa shape index (κ3) is 2.60. The van der Waals surface area contributed by atoms with Crippen molar-refractivity contribution in [2.75, 3.05) is 13.2 Å². The van der Waals surface area contributed by atoms with Crippen LogP contribution in [0, 0.1) is 6.92 Å². The van der Waals surface area contributed by atoms with E-state index < -0.39 is 24.5 Å². The number of carbonyl (C=O) groups excluding carboxylic acids is 1. The Kier molecular flexibility index (Phi) is 4.14. The van der Waals surface area contributed by atoms with E-state index >= 15 is 0 Å². The first-order valence-corrected chi connectivity index (χ1v) is 7.21. The summed E-state index contributed by atoms with van der Waals surface area (Å²) in [5.74, 6) is 0.747. The van der Waals surface area contributed by atoms with Gasteiger partial charge in [0.2, 0.25) is 0 Å². The molecule has 2 bridgehead atoms. The van der Waals surface area contributed by atoms with Crippen LogP contribution in [0.2, 0.25) is 0 Å². The summed E-state index contributed by atoms with van der Waals surface area (Å²) >= 11 is 0. The van der Waals surface area contributed by atoms with E-state index in [0.29, 0.717) is 13.2 Å². The number of urea groups is 1. The van der Waals surface area contributed by atoms with E-state index in [1.54, 1.807) is 18.5 Å². The summed E-state index contributed by atoms with van der Waals surface area (Å²) in [6.45, 7) is 6.06. The molecule has 2 saturated heterocycles. The lowest BCUT2D eigenvalue weighted by molar-refractivity contribution is -0.164. The highest BCUT2D eigenvalue weighted by atomic mass is 16.7. The number of amides is 2. The molecule has 22 heavy (non-hydrogen) atoms. The maximum Gasteiger partial charge on any atom is 0.315 e. The van der Waals surface area contributed by atoms with Crippen molar-refractivity contribution in [1.29, 1.82) is 0 Å². The molecule has 120 valence electrons. The van der Waals surface area contributed by atoms with Gasteiger partial charge in [-0.1, -0.05) is 6.08 Å². The number of aliphatic hydroxyl groups excluding tert-OH is 1. The second-order valence-electron chi connectivity index (χ2n) is 5.41. The molecule has 0 unspecified atom stereocenters. The largest absolute Gasteiger partial charge is 0.388 e. The molecule has 0 aliphatic carbocycles. The van der Waals surface area contributed by atoms with Crippen LogP contribution in [-0.2, 0) is 9.47 Å². The number of ether oxygens (including phenoxy) is 2. The van der Waals surface area contributed by atoms with Crippen LogP contribution in [0.3, 0.4) is 0 Å². The number of nitrogens with zero attached hydrogens (tertiary/aromatic N) is 2. The van der Waals surface area contributed by atoms with Gasteiger partial charge in [0.05, 0.1) is 12.6 Å². The first kappa shape index (κ1) is 15.0. The Bertz CT molecular complexity index is 561. The van der Waals surface area contributed by atoms with Crippen molar-refractivity contribution in [3.05, 3.63) is 30.9 Å². The van der Waals surface area contributed by atoms with Crippen LogP contribution >= 0.6 is 0 Å². The second-order valence-corrected chi connectivity index (χ2v) is 5.41. The number of carbonyl (C=O) groups is 1. The van der Waals surface area contributed by atoms with Crippen LogP contribution in [0.4, 0.5) is 4.79 Å². The van der Waals surface area contributed by atoms with Gasteiger partial charge >= 0.3 is 6.03 Å². The Hall–Kier alpha value is -1.90. The van der Waals surface area contributed by atoms with Crippen LogP contribution in [0.15, 0.2) is 25.0 Å². The summed E-state index contributed by atoms with van der Waals surface area (Å²) < 4.78 is 13.2. The Labute approximate surface area is 128 Å². The first-order chi connectivity index (χ1) is 10.6. The van der Waals surface area contributed by atoms with E-state index in [9.17, 15) is 9.90 Å². The number of nitrogens with one attached hydrogen (secondary N) is 2. The monoisotopic (exact) mass is 308 g/mol. The Morgan fingerprint density at radius 1 is 1.68 bits per heavy atom. The smallest absolute Gasteiger partial charge is 0.315 e. The number of imidazole rings is 1. The van der Waals surface area contributed by atoms with Gasteiger partial charge in [0, 0.05) is 18.9 Å². The lowest BCUT2D eigenvalue weighted by Crippen LogP contribution is -2.60. The molecule has 1 aromatic rings. The molecule has 3 heterocycles. The molecule has 2 amide bonds. The summed E-state index contributed by atoms with van der Waals surface area (Å²) in [4.78, 5) is 16.0. The first-order valence-electron chi connectivity index (χ1n) is 7.21. The third-order valence-electron chi connectivity index (χ3n) is 4.02. The molecular weight excluding hydrogens is 288 g/mol. The maximum atomic E-state index is 11.9. The molecule has 0 aromatic carbocycles. The number of aliphatic hydroxyl groups is 1. The number of hydrogen-bond donors (Lipinski definition) is 3. The van der Waals surface area contributed by atoms with Crippen molar-refractivity contribution in [3.8, 4) is 0 Å². The number of aromatic nitrogens is 2. The minimum atomic E-state index is -0.839. The Balaban J connectivity index is 1.78. The molecule has 2 fully saturated rings. The van der Waals surface area contributed by atoms with Gasteiger partial charge in [-0.05, 0) is 6.92 Å². The van der Waals surface area contributed by atoms with Crippen LogP contribution in [0.5, 0.6) is 0 Å². The SMILES string of the molecule is C=CCNC(=O)N[C@H]1[C@H](O)[C@@H](n2ccnc2C)[C@@H]2OC[C@H]1O2. The van der Waals surface area contributed by atoms with Crippen molar-refractivity contribution >= 4 is 6.03 Å². The predicted molar refractivity (Wildman–Crippen MR) is 77.1 cm³/mol. The van der Waals surface area contributed by atoms with Gasteiger partial charge in [0.25, 0.3) is 0 Å². The molecule has 1 aromatic heterocycles. The number of fused-ring (bicyclic) bond motifs is 2. The number of rotatable bonds is 4. The van der Waals surface area contributed by atoms with E-state index in [-0.39, 0.29) is 12.1 Å². The van der Waals surface area contributed by atoms with Gasteiger partial charge in [-0.15, -0.1) is 6.58 Å². The summed E-state index contributed by atoms with van der Waals surface area (Å²) in [5.41, 5.74) is 0. The van der Waals surface area contributed by atoms with Gasteiger partial charge < -0.3 is 29.8 Å². The van der Waals surface area contributed by atoms with Crippen molar-refractivity contribution in [2.24, 2.45) is 0 Å². The van der Waals surface area contributed by atoms with Crippen molar-refractivity contribution in [1.82, 2.24) is 20.2 Å². The Morgan fingerprint density at radius 3 is 3.18 bits per heavy atom. The lowest BCUT2D eigenvalue weighted by Gasteiger charge is -2.39. The summed E-state index contributed by atoms with van der Waals surface area (Å²) in [7, 11) is 0. The molecule has 8 heteroatoms. The van der Waals surface area contributed by atoms with E-state index in [0.717, 1.165) is 5.82 Å². The molecule has 3 N–H and O–H groups in total. The highest BCUT2D eigenvalue weighted by molar-refractivity contribution is 5.74. The molecule has 3 rings (SSSR count). The summed E-state index contributed by atoms with van der Waals surface area (Å²) in [6.07, 6.45) is 3.26. The van der Waals surface area contributed by atoms with Gasteiger partial charge in [-0.3, -0.25) is 0 Å². The van der Waals surface area contributed by atoms with Crippen molar-refractivity contribution in [2.45, 2.75) is 37.5 Å². The van der Waals surface area contributed by atoms with Crippen LogP contribution in [0.1, 0.15) is 11.9 Å².